The Kier molecular flexibility index (Phi) is 2.81. The van der Waals surface area contributed by atoms with Gasteiger partial charge in [-0.3, -0.25) is 0 Å². The van der Waals surface area contributed by atoms with Gasteiger partial charge in [0.15, 0.2) is 0 Å². The average Bonchev–Trinajstić information content (AvgIpc) is 2.15. The number of nitriles is 1. The van der Waals surface area contributed by atoms with E-state index >= 15 is 0 Å². The summed E-state index contributed by atoms with van der Waals surface area (Å²) in [5, 5.41) is 8.96. The summed E-state index contributed by atoms with van der Waals surface area (Å²) in [7, 11) is 2.01. The third-order valence-corrected chi connectivity index (χ3v) is 2.39. The average molecular weight is 188 g/mol. The summed E-state index contributed by atoms with van der Waals surface area (Å²) < 4.78 is 0. The number of nitrogens with zero attached hydrogens (tertiary/aromatic N) is 2. The number of hydrogen-bond acceptors (Lipinski definition) is 2. The van der Waals surface area contributed by atoms with Crippen molar-refractivity contribution in [2.45, 2.75) is 26.3 Å². The molecule has 0 amide bonds. The van der Waals surface area contributed by atoms with Crippen LogP contribution in [-0.4, -0.2) is 12.6 Å². The predicted molar refractivity (Wildman–Crippen MR) is 59.3 cm³/mol. The van der Waals surface area contributed by atoms with E-state index in [2.05, 4.69) is 31.7 Å². The second kappa shape index (κ2) is 3.71. The maximum Gasteiger partial charge on any atom is 0.101 e. The molecule has 0 spiro atoms. The van der Waals surface area contributed by atoms with Gasteiger partial charge in [-0.2, -0.15) is 5.26 Å². The van der Waals surface area contributed by atoms with E-state index in [1.165, 1.54) is 0 Å². The maximum absolute atomic E-state index is 8.96. The molecule has 0 saturated heterocycles. The third kappa shape index (κ3) is 2.05. The van der Waals surface area contributed by atoms with Gasteiger partial charge in [-0.05, 0) is 32.9 Å². The smallest absolute Gasteiger partial charge is 0.101 e. The minimum atomic E-state index is 0.0347. The van der Waals surface area contributed by atoms with E-state index in [0.717, 1.165) is 11.3 Å². The van der Waals surface area contributed by atoms with E-state index in [4.69, 9.17) is 5.26 Å². The lowest BCUT2D eigenvalue weighted by Crippen LogP contribution is -2.38. The Balaban J connectivity index is 3.14. The lowest BCUT2D eigenvalue weighted by Gasteiger charge is -2.34. The van der Waals surface area contributed by atoms with Crippen LogP contribution in [0.25, 0.3) is 0 Å². The molecule has 2 nitrogen and oxygen atoms in total. The van der Waals surface area contributed by atoms with Crippen LogP contribution in [0.2, 0.25) is 0 Å². The molecule has 0 aliphatic heterocycles. The van der Waals surface area contributed by atoms with Crippen LogP contribution in [0.1, 0.15) is 26.3 Å². The SMILES string of the molecule is CN(c1ccccc1C#N)C(C)(C)C. The van der Waals surface area contributed by atoms with Crippen molar-refractivity contribution in [2.75, 3.05) is 11.9 Å². The Labute approximate surface area is 85.8 Å². The molecule has 0 bridgehead atoms. The highest BCUT2D eigenvalue weighted by molar-refractivity contribution is 5.59. The molecule has 14 heavy (non-hydrogen) atoms. The summed E-state index contributed by atoms with van der Waals surface area (Å²) in [4.78, 5) is 2.12. The molecule has 0 aromatic heterocycles. The molecule has 0 aliphatic rings. The number of anilines is 1. The second-order valence-electron chi connectivity index (χ2n) is 4.36. The molecule has 2 heteroatoms. The predicted octanol–water partition coefficient (Wildman–Crippen LogP) is 2.79. The maximum atomic E-state index is 8.96. The summed E-state index contributed by atoms with van der Waals surface area (Å²) in [6, 6.07) is 9.87. The molecule has 0 N–H and O–H groups in total. The van der Waals surface area contributed by atoms with Gasteiger partial charge < -0.3 is 4.90 Å². The van der Waals surface area contributed by atoms with Crippen molar-refractivity contribution in [3.05, 3.63) is 29.8 Å². The van der Waals surface area contributed by atoms with Gasteiger partial charge in [-0.15, -0.1) is 0 Å². The van der Waals surface area contributed by atoms with Crippen LogP contribution in [-0.2, 0) is 0 Å². The monoisotopic (exact) mass is 188 g/mol. The topological polar surface area (TPSA) is 27.0 Å². The standard InChI is InChI=1S/C12H16N2/c1-12(2,3)14(4)11-8-6-5-7-10(11)9-13/h5-8H,1-4H3. The Bertz CT molecular complexity index is 355. The summed E-state index contributed by atoms with van der Waals surface area (Å²) >= 11 is 0. The number of para-hydroxylation sites is 1. The number of rotatable bonds is 1. The van der Waals surface area contributed by atoms with Gasteiger partial charge in [-0.1, -0.05) is 12.1 Å². The normalized spacial score (nSPS) is 10.8. The van der Waals surface area contributed by atoms with Crippen molar-refractivity contribution in [2.24, 2.45) is 0 Å². The molecule has 74 valence electrons. The molecule has 0 radical (unpaired) electrons. The zero-order valence-electron chi connectivity index (χ0n) is 9.20. The lowest BCUT2D eigenvalue weighted by molar-refractivity contribution is 0.538. The van der Waals surface area contributed by atoms with E-state index in [-0.39, 0.29) is 5.54 Å². The van der Waals surface area contributed by atoms with Crippen LogP contribution < -0.4 is 4.90 Å². The Morgan fingerprint density at radius 3 is 2.29 bits per heavy atom. The van der Waals surface area contributed by atoms with Crippen LogP contribution in [0.4, 0.5) is 5.69 Å². The van der Waals surface area contributed by atoms with Crippen molar-refractivity contribution >= 4 is 5.69 Å². The first kappa shape index (κ1) is 10.6. The lowest BCUT2D eigenvalue weighted by atomic mass is 10.0. The minimum absolute atomic E-state index is 0.0347. The molecule has 1 aromatic rings. The summed E-state index contributed by atoms with van der Waals surface area (Å²) in [6.07, 6.45) is 0. The first-order valence-electron chi connectivity index (χ1n) is 4.70. The Hall–Kier alpha value is -1.49. The summed E-state index contributed by atoms with van der Waals surface area (Å²) in [6.45, 7) is 6.38. The van der Waals surface area contributed by atoms with E-state index in [9.17, 15) is 0 Å². The fourth-order valence-electron chi connectivity index (χ4n) is 1.22. The van der Waals surface area contributed by atoms with E-state index in [1.54, 1.807) is 0 Å². The molecule has 0 unspecified atom stereocenters. The Morgan fingerprint density at radius 2 is 1.79 bits per heavy atom. The van der Waals surface area contributed by atoms with E-state index in [0.29, 0.717) is 0 Å². The summed E-state index contributed by atoms with van der Waals surface area (Å²) in [5.74, 6) is 0. The zero-order valence-corrected chi connectivity index (χ0v) is 9.20. The highest BCUT2D eigenvalue weighted by Crippen LogP contribution is 2.24. The second-order valence-corrected chi connectivity index (χ2v) is 4.36. The molecule has 0 fully saturated rings. The van der Waals surface area contributed by atoms with Gasteiger partial charge in [0.1, 0.15) is 6.07 Å². The van der Waals surface area contributed by atoms with Crippen LogP contribution in [0.15, 0.2) is 24.3 Å². The minimum Gasteiger partial charge on any atom is -0.369 e. The third-order valence-electron chi connectivity index (χ3n) is 2.39. The van der Waals surface area contributed by atoms with Gasteiger partial charge in [0, 0.05) is 12.6 Å². The molecule has 1 aromatic carbocycles. The van der Waals surface area contributed by atoms with Crippen LogP contribution >= 0.6 is 0 Å². The highest BCUT2D eigenvalue weighted by Gasteiger charge is 2.19. The number of hydrogen-bond donors (Lipinski definition) is 0. The molecule has 0 heterocycles. The van der Waals surface area contributed by atoms with Gasteiger partial charge in [0.25, 0.3) is 0 Å². The highest BCUT2D eigenvalue weighted by atomic mass is 15.2. The zero-order chi connectivity index (χ0) is 10.8. The van der Waals surface area contributed by atoms with E-state index in [1.807, 2.05) is 31.3 Å². The Morgan fingerprint density at radius 1 is 1.21 bits per heavy atom. The van der Waals surface area contributed by atoms with Crippen molar-refractivity contribution in [1.82, 2.24) is 0 Å². The van der Waals surface area contributed by atoms with Crippen molar-refractivity contribution < 1.29 is 0 Å². The first-order valence-corrected chi connectivity index (χ1v) is 4.70. The van der Waals surface area contributed by atoms with Crippen LogP contribution in [0.3, 0.4) is 0 Å². The first-order chi connectivity index (χ1) is 6.46. The summed E-state index contributed by atoms with van der Waals surface area (Å²) in [5.41, 5.74) is 1.75. The molecule has 0 saturated carbocycles. The molecule has 1 rings (SSSR count). The van der Waals surface area contributed by atoms with Crippen molar-refractivity contribution in [1.29, 1.82) is 5.26 Å². The van der Waals surface area contributed by atoms with Gasteiger partial charge in [0.05, 0.1) is 11.3 Å². The van der Waals surface area contributed by atoms with Gasteiger partial charge in [-0.25, -0.2) is 0 Å². The molecular formula is C12H16N2. The van der Waals surface area contributed by atoms with Gasteiger partial charge in [0.2, 0.25) is 0 Å². The van der Waals surface area contributed by atoms with Crippen LogP contribution in [0, 0.1) is 11.3 Å². The largest absolute Gasteiger partial charge is 0.369 e. The fraction of sp³-hybridized carbons (Fsp3) is 0.417. The molecule has 0 atom stereocenters. The van der Waals surface area contributed by atoms with Crippen molar-refractivity contribution in [3.63, 3.8) is 0 Å². The molecule has 0 aliphatic carbocycles. The van der Waals surface area contributed by atoms with E-state index < -0.39 is 0 Å². The quantitative estimate of drug-likeness (QED) is 0.677. The number of benzene rings is 1. The van der Waals surface area contributed by atoms with Crippen LogP contribution in [0.5, 0.6) is 0 Å². The van der Waals surface area contributed by atoms with Gasteiger partial charge >= 0.3 is 0 Å². The fourth-order valence-corrected chi connectivity index (χ4v) is 1.22. The van der Waals surface area contributed by atoms with Crippen molar-refractivity contribution in [3.8, 4) is 6.07 Å². The molecular weight excluding hydrogens is 172 g/mol.